The monoisotopic (exact) mass is 996 g/mol. The van der Waals surface area contributed by atoms with E-state index in [1.54, 1.807) is 70.7 Å². The minimum absolute atomic E-state index is 0.0949. The smallest absolute Gasteiger partial charge is 0.264 e. The molecule has 8 rings (SSSR count). The van der Waals surface area contributed by atoms with E-state index < -0.39 is 32.6 Å². The summed E-state index contributed by atoms with van der Waals surface area (Å²) in [6.45, 7) is 13.4. The number of halogens is 2. The van der Waals surface area contributed by atoms with Gasteiger partial charge in [0, 0.05) is 62.3 Å². The molecule has 19 nitrogen and oxygen atoms in total. The maximum atomic E-state index is 14.7. The van der Waals surface area contributed by atoms with Crippen molar-refractivity contribution < 1.29 is 40.7 Å². The molecule has 2 saturated heterocycles. The Kier molecular flexibility index (Phi) is 17.7. The van der Waals surface area contributed by atoms with Crippen LogP contribution in [0.3, 0.4) is 0 Å². The zero-order chi connectivity index (χ0) is 51.3. The van der Waals surface area contributed by atoms with Crippen molar-refractivity contribution in [1.29, 1.82) is 10.5 Å². The number of phenolic OH excluding ortho intramolecular Hbond substituents is 1. The van der Waals surface area contributed by atoms with Crippen LogP contribution in [-0.2, 0) is 23.8 Å². The van der Waals surface area contributed by atoms with Crippen molar-refractivity contribution >= 4 is 33.4 Å². The average Bonchev–Trinajstić information content (AvgIpc) is 4.04. The topological polar surface area (TPSA) is 250 Å². The van der Waals surface area contributed by atoms with E-state index >= 15 is 0 Å². The number of anilines is 4. The highest BCUT2D eigenvalue weighted by molar-refractivity contribution is 7.86. The number of rotatable bonds is 14. The third-order valence-electron chi connectivity index (χ3n) is 11.0. The van der Waals surface area contributed by atoms with E-state index in [9.17, 15) is 22.3 Å². The van der Waals surface area contributed by atoms with Gasteiger partial charge in [-0.05, 0) is 115 Å². The average molecular weight is 997 g/mol. The first-order chi connectivity index (χ1) is 33.7. The Morgan fingerprint density at radius 2 is 1.18 bits per heavy atom. The number of hydrogen-bond donors (Lipinski definition) is 3. The molecule has 22 heteroatoms. The van der Waals surface area contributed by atoms with E-state index in [1.165, 1.54) is 18.2 Å². The third kappa shape index (κ3) is 15.7. The number of hydrogen-bond acceptors (Lipinski definition) is 17. The zero-order valence-electron chi connectivity index (χ0n) is 40.7. The number of nitrogens with one attached hydrogen (secondary N) is 2. The van der Waals surface area contributed by atoms with Gasteiger partial charge < -0.3 is 30.0 Å². The number of phenols is 1. The molecule has 2 aliphatic rings. The second-order valence-corrected chi connectivity index (χ2v) is 20.0. The Hall–Kier alpha value is -7.11. The lowest BCUT2D eigenvalue weighted by molar-refractivity contribution is 0.0661. The maximum absolute atomic E-state index is 14.7. The van der Waals surface area contributed by atoms with Crippen LogP contribution in [0.2, 0.25) is 0 Å². The number of ether oxygens (including phenoxy) is 3. The summed E-state index contributed by atoms with van der Waals surface area (Å²) in [5.41, 5.74) is 4.15. The lowest BCUT2D eigenvalue weighted by atomic mass is 9.98. The second kappa shape index (κ2) is 23.7. The predicted molar refractivity (Wildman–Crippen MR) is 260 cm³/mol. The highest BCUT2D eigenvalue weighted by Crippen LogP contribution is 2.31. The quantitative estimate of drug-likeness (QED) is 0.0861. The van der Waals surface area contributed by atoms with Crippen molar-refractivity contribution in [3.63, 3.8) is 0 Å². The fraction of sp³-hybridized carbons (Fsp3) is 0.429. The van der Waals surface area contributed by atoms with E-state index in [-0.39, 0.29) is 24.7 Å². The molecule has 0 atom stereocenters. The molecular weight excluding hydrogens is 939 g/mol. The summed E-state index contributed by atoms with van der Waals surface area (Å²) in [5, 5.41) is 42.2. The Bertz CT molecular complexity index is 2960. The van der Waals surface area contributed by atoms with Crippen molar-refractivity contribution in [2.45, 2.75) is 79.3 Å². The Morgan fingerprint density at radius 3 is 1.62 bits per heavy atom. The molecule has 0 spiro atoms. The van der Waals surface area contributed by atoms with Crippen molar-refractivity contribution in [2.75, 3.05) is 56.5 Å². The van der Waals surface area contributed by atoms with Crippen LogP contribution >= 0.6 is 0 Å². The van der Waals surface area contributed by atoms with Crippen LogP contribution in [0.25, 0.3) is 22.5 Å². The molecule has 6 aromatic rings. The highest BCUT2D eigenvalue weighted by Gasteiger charge is 2.22. The van der Waals surface area contributed by atoms with Crippen LogP contribution < -0.4 is 15.4 Å². The van der Waals surface area contributed by atoms with Crippen molar-refractivity contribution in [3.8, 4) is 46.2 Å². The van der Waals surface area contributed by atoms with E-state index in [2.05, 4.69) is 51.0 Å². The SMILES string of the molecule is CC(C)(C#N)COS(C)(=O)=O.Cc1cnc(Nc2cnn(C3CCOCC3)c2)nc1-c1ccc(O)c(F)c1.Cc1cnc(Nc2cnn(C3CCOCC3)c2)nc1-c1ccc(OCC(C)(C)C#N)c(F)c1. The first-order valence-electron chi connectivity index (χ1n) is 22.7. The first-order valence-corrected chi connectivity index (χ1v) is 24.6. The van der Waals surface area contributed by atoms with Gasteiger partial charge in [-0.3, -0.25) is 13.5 Å². The molecule has 4 aromatic heterocycles. The normalized spacial score (nSPS) is 14.5. The Morgan fingerprint density at radius 1 is 0.732 bits per heavy atom. The summed E-state index contributed by atoms with van der Waals surface area (Å²) in [5.74, 6) is -0.671. The van der Waals surface area contributed by atoms with Crippen LogP contribution in [0.1, 0.15) is 76.6 Å². The lowest BCUT2D eigenvalue weighted by Crippen LogP contribution is -2.19. The summed E-state index contributed by atoms with van der Waals surface area (Å²) >= 11 is 0. The number of nitrogens with zero attached hydrogens (tertiary/aromatic N) is 10. The molecule has 6 heterocycles. The van der Waals surface area contributed by atoms with Gasteiger partial charge in [-0.15, -0.1) is 0 Å². The number of nitriles is 2. The van der Waals surface area contributed by atoms with Crippen LogP contribution in [-0.4, -0.2) is 98.9 Å². The third-order valence-corrected chi connectivity index (χ3v) is 11.6. The Labute approximate surface area is 412 Å². The summed E-state index contributed by atoms with van der Waals surface area (Å²) < 4.78 is 73.9. The molecule has 0 unspecified atom stereocenters. The number of aromatic hydroxyl groups is 1. The maximum Gasteiger partial charge on any atom is 0.264 e. The molecule has 3 N–H and O–H groups in total. The van der Waals surface area contributed by atoms with Gasteiger partial charge in [-0.2, -0.15) is 29.1 Å². The fourth-order valence-electron chi connectivity index (χ4n) is 6.95. The van der Waals surface area contributed by atoms with E-state index in [0.29, 0.717) is 46.5 Å². The molecule has 0 amide bonds. The lowest BCUT2D eigenvalue weighted by Gasteiger charge is -2.22. The number of aryl methyl sites for hydroxylation is 2. The van der Waals surface area contributed by atoms with Gasteiger partial charge in [0.25, 0.3) is 10.1 Å². The van der Waals surface area contributed by atoms with Crippen LogP contribution in [0.4, 0.5) is 32.1 Å². The summed E-state index contributed by atoms with van der Waals surface area (Å²) in [7, 11) is -3.42. The molecule has 0 aliphatic carbocycles. The molecule has 2 fully saturated rings. The van der Waals surface area contributed by atoms with Gasteiger partial charge in [0.1, 0.15) is 6.61 Å². The highest BCUT2D eigenvalue weighted by atomic mass is 32.2. The van der Waals surface area contributed by atoms with Crippen molar-refractivity contribution in [3.05, 3.63) is 96.3 Å². The van der Waals surface area contributed by atoms with Gasteiger partial charge in [-0.1, -0.05) is 0 Å². The van der Waals surface area contributed by atoms with Crippen molar-refractivity contribution in [1.82, 2.24) is 39.5 Å². The van der Waals surface area contributed by atoms with E-state index in [1.807, 2.05) is 41.7 Å². The Balaban J connectivity index is 0.000000195. The molecule has 71 heavy (non-hydrogen) atoms. The molecule has 0 bridgehead atoms. The number of benzene rings is 2. The van der Waals surface area contributed by atoms with Crippen LogP contribution in [0.5, 0.6) is 11.5 Å². The number of aromatic nitrogens is 8. The van der Waals surface area contributed by atoms with Crippen LogP contribution in [0, 0.1) is 59.0 Å². The van der Waals surface area contributed by atoms with Gasteiger partial charge in [-0.25, -0.2) is 28.7 Å². The van der Waals surface area contributed by atoms with Crippen LogP contribution in [0.15, 0.2) is 73.6 Å². The molecule has 0 radical (unpaired) electrons. The molecule has 2 aromatic carbocycles. The van der Waals surface area contributed by atoms with Crippen molar-refractivity contribution in [2.24, 2.45) is 10.8 Å². The predicted octanol–water partition coefficient (Wildman–Crippen LogP) is 8.91. The molecule has 0 saturated carbocycles. The minimum atomic E-state index is -3.42. The minimum Gasteiger partial charge on any atom is -0.505 e. The largest absolute Gasteiger partial charge is 0.505 e. The summed E-state index contributed by atoms with van der Waals surface area (Å²) in [6, 6.07) is 13.6. The van der Waals surface area contributed by atoms with E-state index in [0.717, 1.165) is 80.9 Å². The molecular formula is C49H58F2N12O7S. The summed E-state index contributed by atoms with van der Waals surface area (Å²) in [6.07, 6.45) is 15.4. The van der Waals surface area contributed by atoms with Gasteiger partial charge in [0.2, 0.25) is 11.9 Å². The fourth-order valence-corrected chi connectivity index (χ4v) is 7.46. The molecule has 2 aliphatic heterocycles. The van der Waals surface area contributed by atoms with Gasteiger partial charge in [0.05, 0.1) is 83.1 Å². The first kappa shape index (κ1) is 53.2. The standard InChI is InChI=1S/C24H27FN6O2.C19H20FN5O2.C6H11NO3S/c1-16-11-27-23(29-18-12-28-31(13-18)19-6-8-32-9-7-19)30-22(16)17-4-5-21(20(25)10-17)33-15-24(2,3)14-26;1-12-9-21-19(24-18(12)13-2-3-17(26)16(20)8-13)23-14-10-22-25(11-14)15-4-6-27-7-5-15;1-6(2,4-7)5-10-11(3,8)9/h4-5,10-13,19H,6-9,15H2,1-3H3,(H,27,29,30);2-3,8-11,15,26H,4-7H2,1H3,(H,21,23,24);5H2,1-3H3. The molecule has 376 valence electrons. The van der Waals surface area contributed by atoms with E-state index in [4.69, 9.17) is 24.7 Å². The summed E-state index contributed by atoms with van der Waals surface area (Å²) in [4.78, 5) is 17.8. The van der Waals surface area contributed by atoms with Gasteiger partial charge in [0.15, 0.2) is 23.1 Å². The zero-order valence-corrected chi connectivity index (χ0v) is 41.5. The van der Waals surface area contributed by atoms with Gasteiger partial charge >= 0.3 is 0 Å². The second-order valence-electron chi connectivity index (χ2n) is 18.4.